The Morgan fingerprint density at radius 1 is 1.43 bits per heavy atom. The van der Waals surface area contributed by atoms with E-state index in [9.17, 15) is 17.6 Å². The van der Waals surface area contributed by atoms with E-state index in [0.717, 1.165) is 12.3 Å². The molecule has 0 atom stereocenters. The highest BCUT2D eigenvalue weighted by molar-refractivity contribution is 7.88. The van der Waals surface area contributed by atoms with Gasteiger partial charge in [-0.1, -0.05) is 17.7 Å². The van der Waals surface area contributed by atoms with Gasteiger partial charge in [-0.15, -0.1) is 0 Å². The van der Waals surface area contributed by atoms with Crippen molar-refractivity contribution in [2.45, 2.75) is 19.9 Å². The third-order valence-electron chi connectivity index (χ3n) is 2.81. The minimum absolute atomic E-state index is 0.0105. The SMILES string of the molecule is CC(C)N(CCNC(=O)c1c(F)cccc1Cl)S(C)(=O)=O. The standard InChI is InChI=1S/C13H18ClFN2O3S/c1-9(2)17(21(3,19)20)8-7-16-13(18)12-10(14)5-4-6-11(12)15/h4-6,9H,7-8H2,1-3H3,(H,16,18). The highest BCUT2D eigenvalue weighted by Gasteiger charge is 2.21. The molecule has 1 amide bonds. The monoisotopic (exact) mass is 336 g/mol. The number of hydrogen-bond acceptors (Lipinski definition) is 3. The predicted octanol–water partition coefficient (Wildman–Crippen LogP) is 1.88. The molecular weight excluding hydrogens is 319 g/mol. The van der Waals surface area contributed by atoms with Crippen molar-refractivity contribution >= 4 is 27.5 Å². The smallest absolute Gasteiger partial charge is 0.255 e. The average molecular weight is 337 g/mol. The summed E-state index contributed by atoms with van der Waals surface area (Å²) in [6.07, 6.45) is 1.10. The van der Waals surface area contributed by atoms with Crippen molar-refractivity contribution in [3.05, 3.63) is 34.6 Å². The Bertz CT molecular complexity index is 600. The minimum Gasteiger partial charge on any atom is -0.351 e. The van der Waals surface area contributed by atoms with Crippen LogP contribution in [0.5, 0.6) is 0 Å². The maximum atomic E-state index is 13.6. The summed E-state index contributed by atoms with van der Waals surface area (Å²) in [7, 11) is -3.36. The van der Waals surface area contributed by atoms with Crippen molar-refractivity contribution in [3.8, 4) is 0 Å². The van der Waals surface area contributed by atoms with E-state index in [1.54, 1.807) is 13.8 Å². The molecule has 0 saturated heterocycles. The maximum absolute atomic E-state index is 13.6. The second-order valence-electron chi connectivity index (χ2n) is 4.82. The molecule has 0 heterocycles. The van der Waals surface area contributed by atoms with Crippen molar-refractivity contribution < 1.29 is 17.6 Å². The van der Waals surface area contributed by atoms with E-state index in [1.165, 1.54) is 16.4 Å². The summed E-state index contributed by atoms with van der Waals surface area (Å²) in [5.74, 6) is -1.39. The summed E-state index contributed by atoms with van der Waals surface area (Å²) in [5.41, 5.74) is -0.241. The fourth-order valence-electron chi connectivity index (χ4n) is 1.89. The molecule has 1 aromatic carbocycles. The molecular formula is C13H18ClFN2O3S. The number of hydrogen-bond donors (Lipinski definition) is 1. The molecule has 0 aliphatic heterocycles. The number of carbonyl (C=O) groups excluding carboxylic acids is 1. The van der Waals surface area contributed by atoms with Gasteiger partial charge in [0.05, 0.1) is 16.8 Å². The Hall–Kier alpha value is -1.18. The molecule has 5 nitrogen and oxygen atoms in total. The average Bonchev–Trinajstić information content (AvgIpc) is 2.32. The van der Waals surface area contributed by atoms with Gasteiger partial charge < -0.3 is 5.32 Å². The zero-order valence-electron chi connectivity index (χ0n) is 12.1. The van der Waals surface area contributed by atoms with E-state index < -0.39 is 21.7 Å². The fourth-order valence-corrected chi connectivity index (χ4v) is 3.33. The molecule has 0 aromatic heterocycles. The molecule has 0 bridgehead atoms. The molecule has 21 heavy (non-hydrogen) atoms. The first kappa shape index (κ1) is 17.9. The number of nitrogens with zero attached hydrogens (tertiary/aromatic N) is 1. The van der Waals surface area contributed by atoms with Crippen LogP contribution in [-0.4, -0.2) is 44.0 Å². The predicted molar refractivity (Wildman–Crippen MR) is 80.4 cm³/mol. The van der Waals surface area contributed by atoms with Gasteiger partial charge >= 0.3 is 0 Å². The van der Waals surface area contributed by atoms with Gasteiger partial charge in [-0.25, -0.2) is 12.8 Å². The van der Waals surface area contributed by atoms with Gasteiger partial charge in [0.1, 0.15) is 5.82 Å². The largest absolute Gasteiger partial charge is 0.351 e. The minimum atomic E-state index is -3.36. The molecule has 8 heteroatoms. The van der Waals surface area contributed by atoms with Crippen LogP contribution in [0.25, 0.3) is 0 Å². The van der Waals surface area contributed by atoms with Crippen LogP contribution < -0.4 is 5.32 Å². The second-order valence-corrected chi connectivity index (χ2v) is 7.16. The van der Waals surface area contributed by atoms with Gasteiger partial charge in [-0.3, -0.25) is 4.79 Å². The fraction of sp³-hybridized carbons (Fsp3) is 0.462. The summed E-state index contributed by atoms with van der Waals surface area (Å²) in [4.78, 5) is 11.9. The number of benzene rings is 1. The molecule has 0 aliphatic rings. The Morgan fingerprint density at radius 3 is 2.52 bits per heavy atom. The lowest BCUT2D eigenvalue weighted by atomic mass is 10.2. The summed E-state index contributed by atoms with van der Waals surface area (Å²) >= 11 is 5.78. The number of amides is 1. The van der Waals surface area contributed by atoms with Crippen LogP contribution >= 0.6 is 11.6 Å². The lowest BCUT2D eigenvalue weighted by Crippen LogP contribution is -2.42. The van der Waals surface area contributed by atoms with Crippen LogP contribution in [0.15, 0.2) is 18.2 Å². The van der Waals surface area contributed by atoms with Crippen LogP contribution in [0.2, 0.25) is 5.02 Å². The van der Waals surface area contributed by atoms with E-state index in [2.05, 4.69) is 5.32 Å². The highest BCUT2D eigenvalue weighted by atomic mass is 35.5. The number of sulfonamides is 1. The topological polar surface area (TPSA) is 66.5 Å². The van der Waals surface area contributed by atoms with Gasteiger partial charge in [0.2, 0.25) is 10.0 Å². The van der Waals surface area contributed by atoms with E-state index in [-0.39, 0.29) is 29.7 Å². The second kappa shape index (κ2) is 7.20. The van der Waals surface area contributed by atoms with Crippen molar-refractivity contribution in [2.24, 2.45) is 0 Å². The normalized spacial score (nSPS) is 12.0. The lowest BCUT2D eigenvalue weighted by Gasteiger charge is -2.23. The zero-order chi connectivity index (χ0) is 16.2. The van der Waals surface area contributed by atoms with E-state index in [0.29, 0.717) is 0 Å². The van der Waals surface area contributed by atoms with Crippen LogP contribution in [0.3, 0.4) is 0 Å². The third-order valence-corrected chi connectivity index (χ3v) is 4.58. The molecule has 0 spiro atoms. The van der Waals surface area contributed by atoms with Crippen molar-refractivity contribution in [1.82, 2.24) is 9.62 Å². The number of carbonyl (C=O) groups is 1. The van der Waals surface area contributed by atoms with E-state index in [4.69, 9.17) is 11.6 Å². The molecule has 0 fully saturated rings. The summed E-state index contributed by atoms with van der Waals surface area (Å²) in [5, 5.41) is 2.48. The van der Waals surface area contributed by atoms with Gasteiger partial charge in [0.25, 0.3) is 5.91 Å². The number of rotatable bonds is 6. The lowest BCUT2D eigenvalue weighted by molar-refractivity contribution is 0.0947. The van der Waals surface area contributed by atoms with E-state index >= 15 is 0 Å². The number of halogens is 2. The summed E-state index contributed by atoms with van der Waals surface area (Å²) < 4.78 is 37.9. The zero-order valence-corrected chi connectivity index (χ0v) is 13.6. The molecule has 0 unspecified atom stereocenters. The third kappa shape index (κ3) is 4.94. The number of nitrogens with one attached hydrogen (secondary N) is 1. The van der Waals surface area contributed by atoms with Gasteiger partial charge in [0, 0.05) is 19.1 Å². The molecule has 1 rings (SSSR count). The molecule has 0 saturated carbocycles. The summed E-state index contributed by atoms with van der Waals surface area (Å²) in [6.45, 7) is 3.64. The maximum Gasteiger partial charge on any atom is 0.255 e. The Morgan fingerprint density at radius 2 is 2.05 bits per heavy atom. The highest BCUT2D eigenvalue weighted by Crippen LogP contribution is 2.18. The quantitative estimate of drug-likeness (QED) is 0.862. The summed E-state index contributed by atoms with van der Waals surface area (Å²) in [6, 6.07) is 3.72. The van der Waals surface area contributed by atoms with Crippen LogP contribution in [0.4, 0.5) is 4.39 Å². The Balaban J connectivity index is 2.70. The van der Waals surface area contributed by atoms with Gasteiger partial charge in [0.15, 0.2) is 0 Å². The van der Waals surface area contributed by atoms with Crippen molar-refractivity contribution in [1.29, 1.82) is 0 Å². The molecule has 0 aliphatic carbocycles. The first-order valence-electron chi connectivity index (χ1n) is 6.33. The van der Waals surface area contributed by atoms with Crippen molar-refractivity contribution in [2.75, 3.05) is 19.3 Å². The van der Waals surface area contributed by atoms with Crippen LogP contribution in [0, 0.1) is 5.82 Å². The first-order valence-corrected chi connectivity index (χ1v) is 8.56. The van der Waals surface area contributed by atoms with Crippen LogP contribution in [-0.2, 0) is 10.0 Å². The molecule has 1 N–H and O–H groups in total. The van der Waals surface area contributed by atoms with Crippen LogP contribution in [0.1, 0.15) is 24.2 Å². The molecule has 0 radical (unpaired) electrons. The van der Waals surface area contributed by atoms with Gasteiger partial charge in [-0.2, -0.15) is 4.31 Å². The molecule has 1 aromatic rings. The first-order chi connectivity index (χ1) is 9.64. The Kier molecular flexibility index (Phi) is 6.12. The Labute approximate surface area is 129 Å². The molecule has 118 valence electrons. The van der Waals surface area contributed by atoms with Crippen molar-refractivity contribution in [3.63, 3.8) is 0 Å². The van der Waals surface area contributed by atoms with E-state index in [1.807, 2.05) is 0 Å². The van der Waals surface area contributed by atoms with Gasteiger partial charge in [-0.05, 0) is 26.0 Å².